The SMILES string of the molecule is Cc1cc(F)cc(CN2CC3(CCN(C(=O)C4CC4)CC3)C[C@H]2C(=O)O)c1. The van der Waals surface area contributed by atoms with Crippen molar-refractivity contribution in [3.63, 3.8) is 0 Å². The summed E-state index contributed by atoms with van der Waals surface area (Å²) in [7, 11) is 0. The fourth-order valence-electron chi connectivity index (χ4n) is 4.84. The second kappa shape index (κ2) is 6.89. The van der Waals surface area contributed by atoms with Gasteiger partial charge in [0.05, 0.1) is 0 Å². The van der Waals surface area contributed by atoms with E-state index in [4.69, 9.17) is 0 Å². The Morgan fingerprint density at radius 1 is 1.22 bits per heavy atom. The van der Waals surface area contributed by atoms with Crippen molar-refractivity contribution in [2.75, 3.05) is 19.6 Å². The summed E-state index contributed by atoms with van der Waals surface area (Å²) in [6.07, 6.45) is 4.36. The van der Waals surface area contributed by atoms with Crippen LogP contribution in [-0.2, 0) is 16.1 Å². The van der Waals surface area contributed by atoms with Gasteiger partial charge in [0.25, 0.3) is 0 Å². The van der Waals surface area contributed by atoms with E-state index in [2.05, 4.69) is 0 Å². The third-order valence-electron chi connectivity index (χ3n) is 6.44. The number of amides is 1. The zero-order valence-corrected chi connectivity index (χ0v) is 15.8. The van der Waals surface area contributed by atoms with Crippen molar-refractivity contribution < 1.29 is 19.1 Å². The fourth-order valence-corrected chi connectivity index (χ4v) is 4.84. The van der Waals surface area contributed by atoms with E-state index in [0.29, 0.717) is 19.5 Å². The molecular weight excluding hydrogens is 347 g/mol. The number of hydrogen-bond donors (Lipinski definition) is 1. The van der Waals surface area contributed by atoms with E-state index in [0.717, 1.165) is 49.9 Å². The van der Waals surface area contributed by atoms with Gasteiger partial charge < -0.3 is 10.0 Å². The van der Waals surface area contributed by atoms with E-state index in [1.54, 1.807) is 0 Å². The number of carbonyl (C=O) groups is 2. The van der Waals surface area contributed by atoms with Crippen LogP contribution < -0.4 is 0 Å². The minimum absolute atomic E-state index is 0.0498. The van der Waals surface area contributed by atoms with Gasteiger partial charge in [0.15, 0.2) is 0 Å². The number of piperidine rings is 1. The molecule has 4 rings (SSSR count). The number of aliphatic carboxylic acids is 1. The predicted molar refractivity (Wildman–Crippen MR) is 98.6 cm³/mol. The molecule has 6 heteroatoms. The highest BCUT2D eigenvalue weighted by Gasteiger charge is 2.49. The lowest BCUT2D eigenvalue weighted by Gasteiger charge is -2.39. The summed E-state index contributed by atoms with van der Waals surface area (Å²) in [6, 6.07) is 4.35. The van der Waals surface area contributed by atoms with Gasteiger partial charge in [-0.2, -0.15) is 0 Å². The number of nitrogens with zero attached hydrogens (tertiary/aromatic N) is 2. The first-order valence-electron chi connectivity index (χ1n) is 9.87. The van der Waals surface area contributed by atoms with Gasteiger partial charge in [-0.3, -0.25) is 14.5 Å². The molecule has 0 aromatic heterocycles. The molecule has 0 bridgehead atoms. The minimum atomic E-state index is -0.809. The standard InChI is InChI=1S/C21H27FN2O3/c1-14-8-15(10-17(22)9-14)12-24-13-21(11-18(24)20(26)27)4-6-23(7-5-21)19(25)16-2-3-16/h8-10,16,18H,2-7,11-13H2,1H3,(H,26,27)/t18-/m0/s1. The van der Waals surface area contributed by atoms with Crippen LogP contribution in [0, 0.1) is 24.1 Å². The van der Waals surface area contributed by atoms with E-state index in [1.165, 1.54) is 12.1 Å². The highest BCUT2D eigenvalue weighted by molar-refractivity contribution is 5.81. The number of likely N-dealkylation sites (tertiary alicyclic amines) is 2. The Labute approximate surface area is 159 Å². The Morgan fingerprint density at radius 2 is 1.93 bits per heavy atom. The maximum Gasteiger partial charge on any atom is 0.320 e. The molecule has 1 saturated carbocycles. The second-order valence-corrected chi connectivity index (χ2v) is 8.70. The van der Waals surface area contributed by atoms with Crippen molar-refractivity contribution in [1.82, 2.24) is 9.80 Å². The third-order valence-corrected chi connectivity index (χ3v) is 6.44. The van der Waals surface area contributed by atoms with Crippen LogP contribution in [0.2, 0.25) is 0 Å². The van der Waals surface area contributed by atoms with Crippen LogP contribution in [0.15, 0.2) is 18.2 Å². The van der Waals surface area contributed by atoms with Crippen molar-refractivity contribution in [1.29, 1.82) is 0 Å². The molecule has 5 nitrogen and oxygen atoms in total. The molecule has 2 aliphatic heterocycles. The first kappa shape index (κ1) is 18.4. The van der Waals surface area contributed by atoms with Gasteiger partial charge in [-0.25, -0.2) is 4.39 Å². The first-order chi connectivity index (χ1) is 12.8. The van der Waals surface area contributed by atoms with E-state index < -0.39 is 12.0 Å². The van der Waals surface area contributed by atoms with Crippen molar-refractivity contribution in [3.8, 4) is 0 Å². The first-order valence-corrected chi connectivity index (χ1v) is 9.87. The average molecular weight is 374 g/mol. The van der Waals surface area contributed by atoms with Crippen LogP contribution in [0.4, 0.5) is 4.39 Å². The van der Waals surface area contributed by atoms with Gasteiger partial charge in [-0.05, 0) is 67.7 Å². The Balaban J connectivity index is 1.45. The molecule has 0 unspecified atom stereocenters. The summed E-state index contributed by atoms with van der Waals surface area (Å²) in [5.41, 5.74) is 1.61. The summed E-state index contributed by atoms with van der Waals surface area (Å²) in [5, 5.41) is 9.73. The van der Waals surface area contributed by atoms with Crippen LogP contribution in [-0.4, -0.2) is 52.5 Å². The average Bonchev–Trinajstić information content (AvgIpc) is 3.38. The number of hydrogen-bond acceptors (Lipinski definition) is 3. The van der Waals surface area contributed by atoms with E-state index in [9.17, 15) is 19.1 Å². The lowest BCUT2D eigenvalue weighted by molar-refractivity contribution is -0.142. The lowest BCUT2D eigenvalue weighted by atomic mass is 9.76. The number of carbonyl (C=O) groups excluding carboxylic acids is 1. The van der Waals surface area contributed by atoms with E-state index >= 15 is 0 Å². The number of benzene rings is 1. The van der Waals surface area contributed by atoms with Crippen LogP contribution >= 0.6 is 0 Å². The van der Waals surface area contributed by atoms with Crippen LogP contribution in [0.5, 0.6) is 0 Å². The summed E-state index contributed by atoms with van der Waals surface area (Å²) >= 11 is 0. The number of aryl methyl sites for hydroxylation is 1. The van der Waals surface area contributed by atoms with Gasteiger partial charge in [-0.15, -0.1) is 0 Å². The largest absolute Gasteiger partial charge is 0.480 e. The van der Waals surface area contributed by atoms with Crippen molar-refractivity contribution >= 4 is 11.9 Å². The topological polar surface area (TPSA) is 60.9 Å². The van der Waals surface area contributed by atoms with Gasteiger partial charge in [0.1, 0.15) is 11.9 Å². The molecule has 146 valence electrons. The Morgan fingerprint density at radius 3 is 2.52 bits per heavy atom. The molecule has 0 radical (unpaired) electrons. The Kier molecular flexibility index (Phi) is 4.70. The molecule has 27 heavy (non-hydrogen) atoms. The normalized spacial score (nSPS) is 25.1. The summed E-state index contributed by atoms with van der Waals surface area (Å²) in [6.45, 7) is 4.45. The van der Waals surface area contributed by atoms with E-state index in [1.807, 2.05) is 22.8 Å². The minimum Gasteiger partial charge on any atom is -0.480 e. The monoisotopic (exact) mass is 374 g/mol. The molecule has 1 amide bonds. The predicted octanol–water partition coefficient (Wildman–Crippen LogP) is 2.81. The maximum atomic E-state index is 13.7. The zero-order chi connectivity index (χ0) is 19.2. The van der Waals surface area contributed by atoms with Gasteiger partial charge in [0.2, 0.25) is 5.91 Å². The fraction of sp³-hybridized carbons (Fsp3) is 0.619. The molecule has 2 saturated heterocycles. The van der Waals surface area contributed by atoms with Crippen molar-refractivity contribution in [2.45, 2.75) is 51.6 Å². The summed E-state index contributed by atoms with van der Waals surface area (Å²) in [4.78, 5) is 28.1. The quantitative estimate of drug-likeness (QED) is 0.880. The summed E-state index contributed by atoms with van der Waals surface area (Å²) < 4.78 is 13.7. The number of carboxylic acids is 1. The molecule has 2 heterocycles. The molecule has 1 aromatic rings. The molecule has 1 atom stereocenters. The molecule has 1 aromatic carbocycles. The number of carboxylic acid groups (broad SMARTS) is 1. The molecule has 1 N–H and O–H groups in total. The maximum absolute atomic E-state index is 13.7. The molecule has 3 fully saturated rings. The second-order valence-electron chi connectivity index (χ2n) is 8.70. The highest BCUT2D eigenvalue weighted by Crippen LogP contribution is 2.45. The van der Waals surface area contributed by atoms with Gasteiger partial charge in [0, 0.05) is 32.1 Å². The zero-order valence-electron chi connectivity index (χ0n) is 15.8. The molecular formula is C21H27FN2O3. The summed E-state index contributed by atoms with van der Waals surface area (Å²) in [5.74, 6) is -0.569. The molecule has 1 spiro atoms. The van der Waals surface area contributed by atoms with Crippen molar-refractivity contribution in [3.05, 3.63) is 35.1 Å². The van der Waals surface area contributed by atoms with Gasteiger partial charge in [-0.1, -0.05) is 6.07 Å². The third kappa shape index (κ3) is 3.86. The Bertz CT molecular complexity index is 734. The number of halogens is 1. The molecule has 3 aliphatic rings. The lowest BCUT2D eigenvalue weighted by Crippen LogP contribution is -2.44. The number of rotatable bonds is 4. The van der Waals surface area contributed by atoms with Gasteiger partial charge >= 0.3 is 5.97 Å². The van der Waals surface area contributed by atoms with Crippen LogP contribution in [0.1, 0.15) is 43.2 Å². The molecule has 1 aliphatic carbocycles. The van der Waals surface area contributed by atoms with E-state index in [-0.39, 0.29) is 23.1 Å². The van der Waals surface area contributed by atoms with Crippen molar-refractivity contribution in [2.24, 2.45) is 11.3 Å². The van der Waals surface area contributed by atoms with Crippen LogP contribution in [0.25, 0.3) is 0 Å². The smallest absolute Gasteiger partial charge is 0.320 e. The Hall–Kier alpha value is -1.95. The van der Waals surface area contributed by atoms with Crippen LogP contribution in [0.3, 0.4) is 0 Å². The highest BCUT2D eigenvalue weighted by atomic mass is 19.1.